The van der Waals surface area contributed by atoms with Crippen molar-refractivity contribution < 1.29 is 9.26 Å². The molecule has 1 aromatic heterocycles. The van der Waals surface area contributed by atoms with E-state index in [1.165, 1.54) is 12.8 Å². The number of hydrogen-bond donors (Lipinski definition) is 1. The summed E-state index contributed by atoms with van der Waals surface area (Å²) in [7, 11) is 1.75. The molecule has 0 saturated heterocycles. The van der Waals surface area contributed by atoms with Gasteiger partial charge in [-0.3, -0.25) is 0 Å². The van der Waals surface area contributed by atoms with Crippen LogP contribution in [0.5, 0.6) is 0 Å². The molecule has 1 aliphatic rings. The molecule has 108 valence electrons. The van der Waals surface area contributed by atoms with E-state index in [1.807, 2.05) is 0 Å². The molecule has 0 spiro atoms. The zero-order valence-corrected chi connectivity index (χ0v) is 12.2. The Hall–Kier alpha value is -1.10. The third-order valence-electron chi connectivity index (χ3n) is 3.80. The van der Waals surface area contributed by atoms with Crippen molar-refractivity contribution >= 4 is 6.01 Å². The van der Waals surface area contributed by atoms with Crippen LogP contribution in [-0.2, 0) is 10.3 Å². The van der Waals surface area contributed by atoms with Gasteiger partial charge in [-0.15, -0.1) is 0 Å². The maximum absolute atomic E-state index is 5.77. The fraction of sp³-hybridized carbons (Fsp3) is 0.857. The van der Waals surface area contributed by atoms with E-state index in [2.05, 4.69) is 29.3 Å². The summed E-state index contributed by atoms with van der Waals surface area (Å²) in [6, 6.07) is 0.504. The maximum atomic E-state index is 5.77. The third-order valence-corrected chi connectivity index (χ3v) is 3.80. The summed E-state index contributed by atoms with van der Waals surface area (Å²) in [4.78, 5) is 4.48. The van der Waals surface area contributed by atoms with Crippen molar-refractivity contribution in [2.45, 2.75) is 58.0 Å². The lowest BCUT2D eigenvalue weighted by Crippen LogP contribution is -2.29. The molecule has 0 aliphatic heterocycles. The predicted molar refractivity (Wildman–Crippen MR) is 74.0 cm³/mol. The van der Waals surface area contributed by atoms with Crippen LogP contribution in [0.25, 0.3) is 0 Å². The van der Waals surface area contributed by atoms with Gasteiger partial charge < -0.3 is 14.6 Å². The molecule has 0 radical (unpaired) electrons. The van der Waals surface area contributed by atoms with Crippen LogP contribution in [-0.4, -0.2) is 23.8 Å². The number of rotatable bonds is 5. The largest absolute Gasteiger partial charge is 0.370 e. The molecule has 2 rings (SSSR count). The highest BCUT2D eigenvalue weighted by Crippen LogP contribution is 2.37. The number of ether oxygens (including phenoxy) is 1. The number of methoxy groups -OCH3 is 1. The molecule has 1 N–H and O–H groups in total. The average Bonchev–Trinajstić information content (AvgIpc) is 2.74. The highest BCUT2D eigenvalue weighted by atomic mass is 16.5. The molecule has 1 aliphatic carbocycles. The van der Waals surface area contributed by atoms with Crippen LogP contribution in [0.2, 0.25) is 0 Å². The number of hydrogen-bond acceptors (Lipinski definition) is 5. The highest BCUT2D eigenvalue weighted by Gasteiger charge is 2.37. The quantitative estimate of drug-likeness (QED) is 0.829. The molecular formula is C14H25N3O2. The topological polar surface area (TPSA) is 60.2 Å². The van der Waals surface area contributed by atoms with Gasteiger partial charge in [-0.1, -0.05) is 44.7 Å². The van der Waals surface area contributed by atoms with Crippen molar-refractivity contribution in [2.24, 2.45) is 5.92 Å². The van der Waals surface area contributed by atoms with Gasteiger partial charge in [0, 0.05) is 13.7 Å². The van der Waals surface area contributed by atoms with Crippen LogP contribution in [0.15, 0.2) is 4.52 Å². The molecule has 1 heterocycles. The Kier molecular flexibility index (Phi) is 4.80. The molecule has 1 aromatic rings. The molecule has 1 fully saturated rings. The molecule has 19 heavy (non-hydrogen) atoms. The van der Waals surface area contributed by atoms with Crippen LogP contribution < -0.4 is 5.32 Å². The van der Waals surface area contributed by atoms with Crippen LogP contribution in [0.1, 0.15) is 58.2 Å². The van der Waals surface area contributed by atoms with Gasteiger partial charge in [-0.2, -0.15) is 4.98 Å². The Morgan fingerprint density at radius 2 is 1.95 bits per heavy atom. The fourth-order valence-electron chi connectivity index (χ4n) is 2.59. The number of nitrogens with zero attached hydrogens (tertiary/aromatic N) is 2. The minimum Gasteiger partial charge on any atom is -0.370 e. The second-order valence-corrected chi connectivity index (χ2v) is 5.81. The zero-order valence-electron chi connectivity index (χ0n) is 12.2. The fourth-order valence-corrected chi connectivity index (χ4v) is 2.59. The summed E-state index contributed by atoms with van der Waals surface area (Å²) >= 11 is 0. The second kappa shape index (κ2) is 6.37. The molecule has 0 aromatic carbocycles. The first-order valence-electron chi connectivity index (χ1n) is 7.29. The van der Waals surface area contributed by atoms with E-state index in [9.17, 15) is 0 Å². The van der Waals surface area contributed by atoms with Gasteiger partial charge >= 0.3 is 6.01 Å². The van der Waals surface area contributed by atoms with Crippen molar-refractivity contribution in [3.8, 4) is 0 Å². The number of aromatic nitrogens is 2. The number of anilines is 1. The standard InChI is InChI=1S/C14H25N3O2/c1-11(2)10-15-13-16-12(17-19-13)14(18-3)8-6-4-5-7-9-14/h11H,4-10H2,1-3H3,(H,15,16,17). The summed E-state index contributed by atoms with van der Waals surface area (Å²) in [5, 5.41) is 7.29. The molecule has 0 unspecified atom stereocenters. The minimum atomic E-state index is -0.349. The van der Waals surface area contributed by atoms with E-state index in [0.29, 0.717) is 17.8 Å². The third kappa shape index (κ3) is 3.47. The van der Waals surface area contributed by atoms with Gasteiger partial charge in [-0.25, -0.2) is 0 Å². The molecule has 5 nitrogen and oxygen atoms in total. The minimum absolute atomic E-state index is 0.349. The molecule has 5 heteroatoms. The lowest BCUT2D eigenvalue weighted by Gasteiger charge is -2.27. The zero-order chi connectivity index (χ0) is 13.7. The number of nitrogens with one attached hydrogen (secondary N) is 1. The van der Waals surface area contributed by atoms with Gasteiger partial charge in [0.05, 0.1) is 0 Å². The van der Waals surface area contributed by atoms with Crippen LogP contribution in [0.3, 0.4) is 0 Å². The van der Waals surface area contributed by atoms with E-state index in [4.69, 9.17) is 9.26 Å². The lowest BCUT2D eigenvalue weighted by atomic mass is 9.93. The van der Waals surface area contributed by atoms with Crippen molar-refractivity contribution in [1.29, 1.82) is 0 Å². The van der Waals surface area contributed by atoms with E-state index in [1.54, 1.807) is 7.11 Å². The molecule has 0 amide bonds. The van der Waals surface area contributed by atoms with Crippen molar-refractivity contribution in [2.75, 3.05) is 19.0 Å². The summed E-state index contributed by atoms with van der Waals surface area (Å²) in [5.74, 6) is 1.24. The van der Waals surface area contributed by atoms with Crippen molar-refractivity contribution in [1.82, 2.24) is 10.1 Å². The molecular weight excluding hydrogens is 242 g/mol. The van der Waals surface area contributed by atoms with E-state index >= 15 is 0 Å². The van der Waals surface area contributed by atoms with Gasteiger partial charge in [0.2, 0.25) is 5.82 Å². The summed E-state index contributed by atoms with van der Waals surface area (Å²) in [5.41, 5.74) is -0.349. The normalized spacial score (nSPS) is 19.4. The van der Waals surface area contributed by atoms with Gasteiger partial charge in [0.25, 0.3) is 0 Å². The highest BCUT2D eigenvalue weighted by molar-refractivity contribution is 5.20. The summed E-state index contributed by atoms with van der Waals surface area (Å²) in [6.45, 7) is 5.13. The molecule has 0 atom stereocenters. The SMILES string of the molecule is COC1(c2noc(NCC(C)C)n2)CCCCCC1. The van der Waals surface area contributed by atoms with Gasteiger partial charge in [0.15, 0.2) is 0 Å². The second-order valence-electron chi connectivity index (χ2n) is 5.81. The molecule has 1 saturated carbocycles. The molecule has 0 bridgehead atoms. The van der Waals surface area contributed by atoms with E-state index < -0.39 is 0 Å². The average molecular weight is 267 g/mol. The summed E-state index contributed by atoms with van der Waals surface area (Å²) in [6.07, 6.45) is 6.82. The van der Waals surface area contributed by atoms with Crippen LogP contribution in [0.4, 0.5) is 6.01 Å². The Labute approximate surface area is 115 Å². The lowest BCUT2D eigenvalue weighted by molar-refractivity contribution is -0.0365. The first-order chi connectivity index (χ1) is 9.16. The first-order valence-corrected chi connectivity index (χ1v) is 7.29. The Balaban J connectivity index is 2.09. The summed E-state index contributed by atoms with van der Waals surface area (Å²) < 4.78 is 11.1. The first kappa shape index (κ1) is 14.3. The Morgan fingerprint density at radius 3 is 2.53 bits per heavy atom. The Bertz CT molecular complexity index is 382. The predicted octanol–water partition coefficient (Wildman–Crippen LogP) is 3.33. The smallest absolute Gasteiger partial charge is 0.321 e. The van der Waals surface area contributed by atoms with Crippen LogP contribution in [0, 0.1) is 5.92 Å². The Morgan fingerprint density at radius 1 is 1.26 bits per heavy atom. The van der Waals surface area contributed by atoms with Crippen LogP contribution >= 0.6 is 0 Å². The maximum Gasteiger partial charge on any atom is 0.321 e. The monoisotopic (exact) mass is 267 g/mol. The van der Waals surface area contributed by atoms with Crippen molar-refractivity contribution in [3.05, 3.63) is 5.82 Å². The van der Waals surface area contributed by atoms with Gasteiger partial charge in [0.1, 0.15) is 5.60 Å². The van der Waals surface area contributed by atoms with Gasteiger partial charge in [-0.05, 0) is 18.8 Å². The van der Waals surface area contributed by atoms with E-state index in [0.717, 1.165) is 32.2 Å². The van der Waals surface area contributed by atoms with E-state index in [-0.39, 0.29) is 5.60 Å². The van der Waals surface area contributed by atoms with Crippen molar-refractivity contribution in [3.63, 3.8) is 0 Å².